The van der Waals surface area contributed by atoms with Crippen LogP contribution in [0.15, 0.2) is 36.4 Å². The molecule has 21 heavy (non-hydrogen) atoms. The van der Waals surface area contributed by atoms with Crippen molar-refractivity contribution in [2.45, 2.75) is 0 Å². The molecule has 0 radical (unpaired) electrons. The van der Waals surface area contributed by atoms with Gasteiger partial charge in [0.1, 0.15) is 18.2 Å². The van der Waals surface area contributed by atoms with E-state index in [-0.39, 0.29) is 10.8 Å². The van der Waals surface area contributed by atoms with Crippen LogP contribution in [0.1, 0.15) is 10.4 Å². The normalized spacial score (nSPS) is 11.0. The Morgan fingerprint density at radius 2 is 2.10 bits per heavy atom. The highest BCUT2D eigenvalue weighted by molar-refractivity contribution is 6.30. The van der Waals surface area contributed by atoms with E-state index >= 15 is 0 Å². The third-order valence-electron chi connectivity index (χ3n) is 3.14. The molecule has 1 aromatic heterocycles. The molecule has 6 heteroatoms. The summed E-state index contributed by atoms with van der Waals surface area (Å²) in [5.41, 5.74) is 2.24. The zero-order valence-electron chi connectivity index (χ0n) is 10.7. The average Bonchev–Trinajstić information content (AvgIpc) is 2.92. The second kappa shape index (κ2) is 5.27. The van der Waals surface area contributed by atoms with Crippen LogP contribution in [0.2, 0.25) is 5.02 Å². The van der Waals surface area contributed by atoms with E-state index in [1.54, 1.807) is 24.3 Å². The molecule has 106 valence electrons. The number of H-pyrrole nitrogens is 1. The lowest BCUT2D eigenvalue weighted by Crippen LogP contribution is -2.03. The van der Waals surface area contributed by atoms with Crippen LogP contribution < -0.4 is 0 Å². The van der Waals surface area contributed by atoms with Crippen molar-refractivity contribution in [3.8, 4) is 11.4 Å². The smallest absolute Gasteiger partial charge is 0.188 e. The number of aliphatic hydroxyl groups excluding tert-OH is 1. The lowest BCUT2D eigenvalue weighted by atomic mass is 10.1. The number of benzene rings is 2. The number of rotatable bonds is 3. The number of aromatic amines is 1. The molecule has 0 unspecified atom stereocenters. The summed E-state index contributed by atoms with van der Waals surface area (Å²) in [6.45, 7) is -0.547. The zero-order valence-corrected chi connectivity index (χ0v) is 11.5. The van der Waals surface area contributed by atoms with Gasteiger partial charge in [-0.05, 0) is 36.4 Å². The van der Waals surface area contributed by atoms with Crippen molar-refractivity contribution in [2.75, 3.05) is 6.61 Å². The Morgan fingerprint density at radius 1 is 1.29 bits per heavy atom. The fraction of sp³-hybridized carbons (Fsp3) is 0.0667. The molecule has 0 aliphatic rings. The monoisotopic (exact) mass is 304 g/mol. The summed E-state index contributed by atoms with van der Waals surface area (Å²) < 4.78 is 13.5. The van der Waals surface area contributed by atoms with Crippen LogP contribution in [0.4, 0.5) is 4.39 Å². The minimum atomic E-state index is -0.547. The molecule has 0 amide bonds. The number of imidazole rings is 1. The molecule has 1 heterocycles. The van der Waals surface area contributed by atoms with Crippen molar-refractivity contribution >= 4 is 28.4 Å². The third kappa shape index (κ3) is 2.53. The molecule has 2 N–H and O–H groups in total. The number of carbonyl (C=O) groups is 1. The van der Waals surface area contributed by atoms with Gasteiger partial charge in [0.05, 0.1) is 16.1 Å². The Hall–Kier alpha value is -2.24. The summed E-state index contributed by atoms with van der Waals surface area (Å²) in [7, 11) is 0. The Bertz CT molecular complexity index is 845. The molecule has 0 bridgehead atoms. The van der Waals surface area contributed by atoms with E-state index in [0.717, 1.165) is 0 Å². The topological polar surface area (TPSA) is 66.0 Å². The second-order valence-corrected chi connectivity index (χ2v) is 4.93. The maximum Gasteiger partial charge on any atom is 0.188 e. The number of aromatic nitrogens is 2. The van der Waals surface area contributed by atoms with E-state index in [0.29, 0.717) is 28.0 Å². The number of hydrogen-bond donors (Lipinski definition) is 2. The summed E-state index contributed by atoms with van der Waals surface area (Å²) in [5, 5.41) is 8.92. The van der Waals surface area contributed by atoms with Crippen molar-refractivity contribution < 1.29 is 14.3 Å². The molecule has 4 nitrogen and oxygen atoms in total. The van der Waals surface area contributed by atoms with E-state index in [1.807, 2.05) is 0 Å². The number of halogens is 2. The lowest BCUT2D eigenvalue weighted by Gasteiger charge is -1.98. The first-order chi connectivity index (χ1) is 10.1. The van der Waals surface area contributed by atoms with Crippen molar-refractivity contribution in [3.05, 3.63) is 52.8 Å². The highest BCUT2D eigenvalue weighted by atomic mass is 35.5. The predicted octanol–water partition coefficient (Wildman–Crippen LogP) is 3.20. The summed E-state index contributed by atoms with van der Waals surface area (Å²) in [6.07, 6.45) is 0. The number of hydrogen-bond acceptors (Lipinski definition) is 3. The fourth-order valence-corrected chi connectivity index (χ4v) is 2.17. The van der Waals surface area contributed by atoms with Crippen LogP contribution in [0.25, 0.3) is 22.4 Å². The number of fused-ring (bicyclic) bond motifs is 1. The molecule has 2 aromatic carbocycles. The molecular formula is C15H10ClFN2O2. The molecule has 0 aliphatic carbocycles. The molecule has 0 aliphatic heterocycles. The number of nitrogens with zero attached hydrogens (tertiary/aromatic N) is 1. The van der Waals surface area contributed by atoms with Crippen LogP contribution in [0.5, 0.6) is 0 Å². The van der Waals surface area contributed by atoms with Crippen molar-refractivity contribution in [1.82, 2.24) is 9.97 Å². The van der Waals surface area contributed by atoms with Gasteiger partial charge < -0.3 is 10.1 Å². The molecule has 0 fully saturated rings. The van der Waals surface area contributed by atoms with E-state index in [9.17, 15) is 9.18 Å². The summed E-state index contributed by atoms with van der Waals surface area (Å²) in [4.78, 5) is 18.8. The van der Waals surface area contributed by atoms with Crippen molar-refractivity contribution in [3.63, 3.8) is 0 Å². The van der Waals surface area contributed by atoms with Gasteiger partial charge in [-0.1, -0.05) is 11.6 Å². The molecular weight excluding hydrogens is 295 g/mol. The first-order valence-electron chi connectivity index (χ1n) is 6.18. The van der Waals surface area contributed by atoms with Gasteiger partial charge >= 0.3 is 0 Å². The highest BCUT2D eigenvalue weighted by Gasteiger charge is 2.10. The molecule has 0 saturated heterocycles. The molecule has 3 aromatic rings. The third-order valence-corrected chi connectivity index (χ3v) is 3.45. The Labute approximate surface area is 124 Å². The van der Waals surface area contributed by atoms with Crippen LogP contribution in [-0.4, -0.2) is 27.5 Å². The number of carbonyl (C=O) groups excluding carboxylic acids is 1. The molecule has 0 saturated carbocycles. The second-order valence-electron chi connectivity index (χ2n) is 4.53. The van der Waals surface area contributed by atoms with Gasteiger partial charge in [0, 0.05) is 11.1 Å². The maximum atomic E-state index is 13.5. The van der Waals surface area contributed by atoms with E-state index in [1.165, 1.54) is 12.1 Å². The number of aliphatic hydroxyl groups is 1. The maximum absolute atomic E-state index is 13.5. The first-order valence-corrected chi connectivity index (χ1v) is 6.55. The van der Waals surface area contributed by atoms with E-state index in [4.69, 9.17) is 16.7 Å². The minimum Gasteiger partial charge on any atom is -0.388 e. The number of nitrogens with one attached hydrogen (secondary N) is 1. The first kappa shape index (κ1) is 13.7. The largest absolute Gasteiger partial charge is 0.388 e. The zero-order chi connectivity index (χ0) is 15.0. The quantitative estimate of drug-likeness (QED) is 0.730. The van der Waals surface area contributed by atoms with Crippen LogP contribution in [-0.2, 0) is 0 Å². The minimum absolute atomic E-state index is 0.0469. The van der Waals surface area contributed by atoms with Crippen LogP contribution in [0, 0.1) is 5.82 Å². The van der Waals surface area contributed by atoms with E-state index < -0.39 is 12.4 Å². The van der Waals surface area contributed by atoms with Gasteiger partial charge in [0.15, 0.2) is 5.78 Å². The Kier molecular flexibility index (Phi) is 3.45. The number of Topliss-reactive ketones (excluding diaryl/α,β-unsaturated/α-hetero) is 1. The van der Waals surface area contributed by atoms with Crippen LogP contribution in [0.3, 0.4) is 0 Å². The molecule has 0 atom stereocenters. The molecule has 0 spiro atoms. The van der Waals surface area contributed by atoms with Gasteiger partial charge in [0.25, 0.3) is 0 Å². The summed E-state index contributed by atoms with van der Waals surface area (Å²) in [5.74, 6) is -0.412. The Morgan fingerprint density at radius 3 is 2.81 bits per heavy atom. The highest BCUT2D eigenvalue weighted by Crippen LogP contribution is 2.24. The van der Waals surface area contributed by atoms with Gasteiger partial charge in [-0.15, -0.1) is 0 Å². The van der Waals surface area contributed by atoms with Crippen molar-refractivity contribution in [2.24, 2.45) is 0 Å². The molecule has 3 rings (SSSR count). The van der Waals surface area contributed by atoms with E-state index in [2.05, 4.69) is 9.97 Å². The van der Waals surface area contributed by atoms with Gasteiger partial charge in [-0.2, -0.15) is 0 Å². The standard InChI is InChI=1S/C15H10ClFN2O2/c16-10-3-1-9(5-11(10)17)15-18-12-4-2-8(14(21)7-20)6-13(12)19-15/h1-6,20H,7H2,(H,18,19). The Balaban J connectivity index is 2.08. The van der Waals surface area contributed by atoms with Gasteiger partial charge in [-0.25, -0.2) is 9.37 Å². The lowest BCUT2D eigenvalue weighted by molar-refractivity contribution is 0.0904. The van der Waals surface area contributed by atoms with Gasteiger partial charge in [0.2, 0.25) is 0 Å². The summed E-state index contributed by atoms with van der Waals surface area (Å²) >= 11 is 5.65. The SMILES string of the molecule is O=C(CO)c1ccc2nc(-c3ccc(Cl)c(F)c3)[nH]c2c1. The van der Waals surface area contributed by atoms with Crippen LogP contribution >= 0.6 is 11.6 Å². The fourth-order valence-electron chi connectivity index (χ4n) is 2.05. The number of ketones is 1. The van der Waals surface area contributed by atoms with Crippen molar-refractivity contribution in [1.29, 1.82) is 0 Å². The van der Waals surface area contributed by atoms with Gasteiger partial charge in [-0.3, -0.25) is 4.79 Å². The summed E-state index contributed by atoms with van der Waals surface area (Å²) in [6, 6.07) is 9.28. The predicted molar refractivity (Wildman–Crippen MR) is 77.9 cm³/mol. The average molecular weight is 305 g/mol.